The van der Waals surface area contributed by atoms with Crippen LogP contribution < -0.4 is 10.6 Å². The molecule has 0 aromatic carbocycles. The minimum atomic E-state index is -0.935. The minimum Gasteiger partial charge on any atom is -0.452 e. The molecular weight excluding hydrogens is 272 g/mol. The van der Waals surface area contributed by atoms with E-state index in [1.54, 1.807) is 0 Å². The van der Waals surface area contributed by atoms with E-state index in [2.05, 4.69) is 10.6 Å². The Bertz CT molecular complexity index is 400. The Morgan fingerprint density at radius 1 is 1.00 bits per heavy atom. The second kappa shape index (κ2) is 7.43. The van der Waals surface area contributed by atoms with E-state index in [0.717, 1.165) is 44.9 Å². The van der Waals surface area contributed by atoms with Gasteiger partial charge in [0.25, 0.3) is 5.91 Å². The largest absolute Gasteiger partial charge is 0.452 e. The summed E-state index contributed by atoms with van der Waals surface area (Å²) in [6.07, 6.45) is 7.07. The Morgan fingerprint density at radius 2 is 1.67 bits per heavy atom. The van der Waals surface area contributed by atoms with Crippen LogP contribution >= 0.6 is 0 Å². The van der Waals surface area contributed by atoms with Gasteiger partial charge in [-0.1, -0.05) is 25.7 Å². The van der Waals surface area contributed by atoms with Crippen molar-refractivity contribution in [2.24, 2.45) is 5.92 Å². The van der Waals surface area contributed by atoms with Crippen LogP contribution in [-0.4, -0.2) is 30.1 Å². The van der Waals surface area contributed by atoms with E-state index in [9.17, 15) is 14.4 Å². The van der Waals surface area contributed by atoms with Crippen molar-refractivity contribution in [3.63, 3.8) is 0 Å². The number of esters is 1. The van der Waals surface area contributed by atoms with Crippen molar-refractivity contribution in [1.82, 2.24) is 10.6 Å². The highest BCUT2D eigenvalue weighted by atomic mass is 16.5. The predicted octanol–water partition coefficient (Wildman–Crippen LogP) is 1.88. The van der Waals surface area contributed by atoms with Crippen molar-refractivity contribution in [2.75, 3.05) is 0 Å². The van der Waals surface area contributed by atoms with Crippen molar-refractivity contribution < 1.29 is 19.1 Å². The first-order valence-corrected chi connectivity index (χ1v) is 7.88. The lowest BCUT2D eigenvalue weighted by atomic mass is 9.86. The lowest BCUT2D eigenvalue weighted by Gasteiger charge is -2.25. The third-order valence-corrected chi connectivity index (χ3v) is 4.28. The maximum absolute atomic E-state index is 11.8. The van der Waals surface area contributed by atoms with Crippen LogP contribution in [-0.2, 0) is 14.3 Å². The van der Waals surface area contributed by atoms with Crippen LogP contribution in [0.3, 0.4) is 0 Å². The van der Waals surface area contributed by atoms with Gasteiger partial charge in [-0.05, 0) is 32.6 Å². The van der Waals surface area contributed by atoms with Gasteiger partial charge in [-0.15, -0.1) is 0 Å². The van der Waals surface area contributed by atoms with Gasteiger partial charge in [0.15, 0.2) is 6.10 Å². The van der Waals surface area contributed by atoms with Gasteiger partial charge in [-0.25, -0.2) is 4.79 Å². The fourth-order valence-electron chi connectivity index (χ4n) is 2.65. The average Bonchev–Trinajstić information content (AvgIpc) is 2.37. The summed E-state index contributed by atoms with van der Waals surface area (Å²) in [6.45, 7) is 1.49. The van der Waals surface area contributed by atoms with Crippen LogP contribution in [0.4, 0.5) is 4.79 Å². The molecule has 0 heterocycles. The van der Waals surface area contributed by atoms with Gasteiger partial charge in [0.2, 0.25) is 0 Å². The molecule has 0 aromatic rings. The molecule has 2 aliphatic rings. The number of hydrogen-bond donors (Lipinski definition) is 2. The number of amides is 3. The van der Waals surface area contributed by atoms with Gasteiger partial charge < -0.3 is 10.1 Å². The Kier molecular flexibility index (Phi) is 5.59. The van der Waals surface area contributed by atoms with E-state index in [0.29, 0.717) is 0 Å². The summed E-state index contributed by atoms with van der Waals surface area (Å²) in [5.41, 5.74) is 0. The number of imide groups is 1. The summed E-state index contributed by atoms with van der Waals surface area (Å²) in [4.78, 5) is 35.2. The number of carbonyl (C=O) groups is 3. The molecular formula is C15H24N2O4. The van der Waals surface area contributed by atoms with E-state index in [-0.39, 0.29) is 17.9 Å². The molecule has 6 nitrogen and oxygen atoms in total. The first-order chi connectivity index (χ1) is 10.1. The highest BCUT2D eigenvalue weighted by Gasteiger charge is 2.30. The van der Waals surface area contributed by atoms with Gasteiger partial charge >= 0.3 is 12.0 Å². The smallest absolute Gasteiger partial charge is 0.321 e. The Morgan fingerprint density at radius 3 is 2.24 bits per heavy atom. The van der Waals surface area contributed by atoms with E-state index in [1.807, 2.05) is 0 Å². The quantitative estimate of drug-likeness (QED) is 0.776. The molecule has 0 saturated heterocycles. The number of nitrogens with one attached hydrogen (secondary N) is 2. The lowest BCUT2D eigenvalue weighted by Crippen LogP contribution is -2.48. The van der Waals surface area contributed by atoms with Crippen LogP contribution in [0, 0.1) is 5.92 Å². The summed E-state index contributed by atoms with van der Waals surface area (Å²) in [5, 5.41) is 5.03. The number of carbonyl (C=O) groups excluding carboxylic acids is 3. The van der Waals surface area contributed by atoms with Crippen LogP contribution in [0.1, 0.15) is 58.3 Å². The molecule has 1 atom stereocenters. The van der Waals surface area contributed by atoms with Crippen molar-refractivity contribution in [3.05, 3.63) is 0 Å². The average molecular weight is 296 g/mol. The molecule has 0 aliphatic heterocycles. The summed E-state index contributed by atoms with van der Waals surface area (Å²) >= 11 is 0. The van der Waals surface area contributed by atoms with Crippen molar-refractivity contribution in [2.45, 2.75) is 70.4 Å². The Balaban J connectivity index is 1.69. The Labute approximate surface area is 125 Å². The van der Waals surface area contributed by atoms with Crippen molar-refractivity contribution in [1.29, 1.82) is 0 Å². The van der Waals surface area contributed by atoms with Crippen LogP contribution in [0.2, 0.25) is 0 Å². The molecule has 0 aromatic heterocycles. The van der Waals surface area contributed by atoms with Gasteiger partial charge in [0, 0.05) is 6.04 Å². The number of ether oxygens (including phenoxy) is 1. The van der Waals surface area contributed by atoms with Crippen molar-refractivity contribution >= 4 is 17.9 Å². The molecule has 2 fully saturated rings. The molecule has 0 spiro atoms. The Hall–Kier alpha value is -1.59. The van der Waals surface area contributed by atoms with Crippen molar-refractivity contribution in [3.8, 4) is 0 Å². The van der Waals surface area contributed by atoms with E-state index in [1.165, 1.54) is 13.3 Å². The monoisotopic (exact) mass is 296 g/mol. The van der Waals surface area contributed by atoms with Crippen LogP contribution in [0.15, 0.2) is 0 Å². The minimum absolute atomic E-state index is 0.0729. The second-order valence-electron chi connectivity index (χ2n) is 6.00. The third-order valence-electron chi connectivity index (χ3n) is 4.28. The highest BCUT2D eigenvalue weighted by Crippen LogP contribution is 2.27. The summed E-state index contributed by atoms with van der Waals surface area (Å²) in [5.74, 6) is -0.983. The fraction of sp³-hybridized carbons (Fsp3) is 0.800. The number of urea groups is 1. The molecule has 0 bridgehead atoms. The molecule has 6 heteroatoms. The maximum Gasteiger partial charge on any atom is 0.321 e. The lowest BCUT2D eigenvalue weighted by molar-refractivity contribution is -0.160. The highest BCUT2D eigenvalue weighted by molar-refractivity contribution is 5.97. The summed E-state index contributed by atoms with van der Waals surface area (Å²) in [7, 11) is 0. The molecule has 3 amide bonds. The summed E-state index contributed by atoms with van der Waals surface area (Å²) < 4.78 is 5.08. The van der Waals surface area contributed by atoms with Gasteiger partial charge in [-0.2, -0.15) is 0 Å². The fourth-order valence-corrected chi connectivity index (χ4v) is 2.65. The second-order valence-corrected chi connectivity index (χ2v) is 6.00. The van der Waals surface area contributed by atoms with E-state index in [4.69, 9.17) is 4.74 Å². The molecule has 2 aliphatic carbocycles. The molecule has 21 heavy (non-hydrogen) atoms. The zero-order chi connectivity index (χ0) is 15.2. The summed E-state index contributed by atoms with van der Waals surface area (Å²) in [6, 6.07) is -0.363. The van der Waals surface area contributed by atoms with Gasteiger partial charge in [-0.3, -0.25) is 14.9 Å². The molecule has 118 valence electrons. The number of hydrogen-bond acceptors (Lipinski definition) is 4. The zero-order valence-corrected chi connectivity index (χ0v) is 12.5. The first kappa shape index (κ1) is 15.8. The maximum atomic E-state index is 11.8. The van der Waals surface area contributed by atoms with Crippen LogP contribution in [0.5, 0.6) is 0 Å². The molecule has 0 unspecified atom stereocenters. The number of rotatable bonds is 4. The van der Waals surface area contributed by atoms with Gasteiger partial charge in [0.1, 0.15) is 0 Å². The standard InChI is InChI=1S/C15H24N2O4/c1-10(21-14(19)11-6-5-7-11)13(18)17-15(20)16-12-8-3-2-4-9-12/h10-12H,2-9H2,1H3,(H2,16,17,18,20)/t10-/m0/s1. The SMILES string of the molecule is C[C@H](OC(=O)C1CCC1)C(=O)NC(=O)NC1CCCCC1. The van der Waals surface area contributed by atoms with Gasteiger partial charge in [0.05, 0.1) is 5.92 Å². The van der Waals surface area contributed by atoms with Crippen LogP contribution in [0.25, 0.3) is 0 Å². The topological polar surface area (TPSA) is 84.5 Å². The molecule has 2 N–H and O–H groups in total. The molecule has 2 rings (SSSR count). The zero-order valence-electron chi connectivity index (χ0n) is 12.5. The molecule has 2 saturated carbocycles. The molecule has 0 radical (unpaired) electrons. The van der Waals surface area contributed by atoms with E-state index >= 15 is 0 Å². The third kappa shape index (κ3) is 4.72. The first-order valence-electron chi connectivity index (χ1n) is 7.88. The van der Waals surface area contributed by atoms with E-state index < -0.39 is 18.0 Å². The predicted molar refractivity (Wildman–Crippen MR) is 76.4 cm³/mol. The normalized spacial score (nSPS) is 21.0.